The minimum Gasteiger partial charge on any atom is -0.202 e. The van der Waals surface area contributed by atoms with Crippen molar-refractivity contribution in [1.82, 2.24) is 13.1 Å². The smallest absolute Gasteiger partial charge is 0.202 e. The number of anilines is 1. The van der Waals surface area contributed by atoms with Gasteiger partial charge in [0.25, 0.3) is 0 Å². The number of benzene rings is 1. The molecular weight excluding hydrogens is 771 g/mol. The van der Waals surface area contributed by atoms with Crippen molar-refractivity contribution in [2.24, 2.45) is 0 Å². The van der Waals surface area contributed by atoms with Gasteiger partial charge in [-0.05, 0) is 0 Å². The molecule has 2 aromatic heterocycles. The van der Waals surface area contributed by atoms with Crippen molar-refractivity contribution in [1.29, 1.82) is 0 Å². The second-order valence-corrected chi connectivity index (χ2v) is 13.9. The second kappa shape index (κ2) is 12.0. The Labute approximate surface area is 240 Å². The van der Waals surface area contributed by atoms with E-state index in [-0.39, 0.29) is 0 Å². The number of rotatable bonds is 6. The van der Waals surface area contributed by atoms with Crippen LogP contribution in [0.5, 0.6) is 0 Å². The Kier molecular flexibility index (Phi) is 10.2. The van der Waals surface area contributed by atoms with Crippen LogP contribution in [0.25, 0.3) is 11.2 Å². The number of sulfonamides is 2. The largest absolute Gasteiger partial charge is 0.512 e. The van der Waals surface area contributed by atoms with Gasteiger partial charge in [-0.2, -0.15) is 26.3 Å². The zero-order valence-electron chi connectivity index (χ0n) is 22.1. The third kappa shape index (κ3) is 7.20. The fourth-order valence-electron chi connectivity index (χ4n) is 3.61. The summed E-state index contributed by atoms with van der Waals surface area (Å²) in [6.45, 7) is 9.09. The van der Waals surface area contributed by atoms with Crippen LogP contribution in [0.15, 0.2) is 42.6 Å². The van der Waals surface area contributed by atoms with Crippen molar-refractivity contribution in [3.63, 3.8) is 0 Å². The quantitative estimate of drug-likeness (QED) is 0.267. The van der Waals surface area contributed by atoms with E-state index in [9.17, 15) is 43.2 Å². The fraction of sp³-hybridized carbons (Fsp3) is 0.435. The number of alkyl halides is 6. The molecule has 0 aliphatic carbocycles. The van der Waals surface area contributed by atoms with E-state index in [1.807, 2.05) is 0 Å². The van der Waals surface area contributed by atoms with Gasteiger partial charge in [-0.15, -0.1) is 0 Å². The zero-order chi connectivity index (χ0) is 31.0. The number of para-hydroxylation sites is 1. The molecule has 0 saturated heterocycles. The van der Waals surface area contributed by atoms with E-state index in [4.69, 9.17) is 0 Å². The van der Waals surface area contributed by atoms with Crippen molar-refractivity contribution >= 4 is 31.4 Å². The molecule has 17 heteroatoms. The maximum Gasteiger partial charge on any atom is 0.512 e. The van der Waals surface area contributed by atoms with Crippen molar-refractivity contribution < 1.29 is 63.8 Å². The summed E-state index contributed by atoms with van der Waals surface area (Å²) in [4.78, 5) is 2.16. The first-order valence-corrected chi connectivity index (χ1v) is 15.5. The van der Waals surface area contributed by atoms with Gasteiger partial charge >= 0.3 is 194 Å². The van der Waals surface area contributed by atoms with Gasteiger partial charge in [0, 0.05) is 0 Å². The SMILES string of the molecule is CC(C)c1cccc(C(C)C)c1-n1cc2cccc(N(C)C)n2[c]1=[Au].O=S(=O)(NS(=O)(=O)C(F)(F)F)C(F)(F)F. The third-order valence-electron chi connectivity index (χ3n) is 5.48. The van der Waals surface area contributed by atoms with Crippen LogP contribution in [-0.2, 0) is 40.6 Å². The normalized spacial score (nSPS) is 13.1. The second-order valence-electron chi connectivity index (χ2n) is 9.35. The topological polar surface area (TPSA) is 92.9 Å². The van der Waals surface area contributed by atoms with Gasteiger partial charge in [0.15, 0.2) is 0 Å². The number of aromatic nitrogens is 2. The molecule has 1 aromatic carbocycles. The molecule has 0 fully saturated rings. The number of imidazole rings is 1. The molecule has 0 saturated carbocycles. The molecule has 0 bridgehead atoms. The maximum atomic E-state index is 11.5. The molecule has 3 rings (SSSR count). The summed E-state index contributed by atoms with van der Waals surface area (Å²) in [5.74, 6) is 2.14. The van der Waals surface area contributed by atoms with Gasteiger partial charge in [-0.25, -0.2) is 16.8 Å². The summed E-state index contributed by atoms with van der Waals surface area (Å²) >= 11 is 2.70. The van der Waals surface area contributed by atoms with E-state index < -0.39 is 35.2 Å². The Morgan fingerprint density at radius 2 is 1.23 bits per heavy atom. The first-order chi connectivity index (χ1) is 18.0. The van der Waals surface area contributed by atoms with Crippen LogP contribution in [0.4, 0.5) is 32.2 Å². The fourth-order valence-corrected chi connectivity index (χ4v) is 6.43. The number of nitrogens with one attached hydrogen (secondary N) is 1. The zero-order valence-corrected chi connectivity index (χ0v) is 25.9. The summed E-state index contributed by atoms with van der Waals surface area (Å²) in [5.41, 5.74) is -6.97. The third-order valence-corrected chi connectivity index (χ3v) is 9.46. The molecule has 0 unspecified atom stereocenters. The van der Waals surface area contributed by atoms with Crippen LogP contribution >= 0.6 is 0 Å². The average Bonchev–Trinajstić information content (AvgIpc) is 3.13. The van der Waals surface area contributed by atoms with E-state index in [0.717, 1.165) is 0 Å². The van der Waals surface area contributed by atoms with E-state index in [1.54, 1.807) is 0 Å². The predicted octanol–water partition coefficient (Wildman–Crippen LogP) is 5.40. The molecular formula is C23H28AuF6N4O4S2. The summed E-state index contributed by atoms with van der Waals surface area (Å²) in [6.07, 6.45) is 2.26. The molecule has 0 atom stereocenters. The Balaban J connectivity index is 0.000000323. The van der Waals surface area contributed by atoms with Crippen LogP contribution in [-0.4, -0.2) is 50.9 Å². The molecule has 0 amide bonds. The molecule has 8 nitrogen and oxygen atoms in total. The molecule has 0 aliphatic heterocycles. The number of hydrogen-bond acceptors (Lipinski definition) is 5. The number of nitrogens with zero attached hydrogens (tertiary/aromatic N) is 3. The van der Waals surface area contributed by atoms with E-state index in [1.165, 1.54) is 31.8 Å². The van der Waals surface area contributed by atoms with Crippen LogP contribution < -0.4 is 9.03 Å². The van der Waals surface area contributed by atoms with E-state index in [2.05, 4.69) is 119 Å². The van der Waals surface area contributed by atoms with Crippen molar-refractivity contribution in [2.75, 3.05) is 19.0 Å². The summed E-state index contributed by atoms with van der Waals surface area (Å²) < 4.78 is 114. The average molecular weight is 800 g/mol. The Bertz CT molecular complexity index is 1570. The number of pyridine rings is 1. The van der Waals surface area contributed by atoms with Crippen LogP contribution in [0.2, 0.25) is 0 Å². The molecule has 3 aromatic rings. The molecule has 0 spiro atoms. The number of hydrogen-bond donors (Lipinski definition) is 1. The van der Waals surface area contributed by atoms with E-state index >= 15 is 0 Å². The van der Waals surface area contributed by atoms with Crippen molar-refractivity contribution in [3.05, 3.63) is 57.4 Å². The standard InChI is InChI=1S/C21H27N3.C2HF6NO4S2.Au/c1-15(2)18-10-8-11-19(16(3)4)21(18)23-13-17-9-7-12-20(22(5)6)24(17)14-23;3-1(4,5)14(10,11)9-15(12,13)2(6,7)8;/h7-13,15-16H,1-6H3;9H;. The van der Waals surface area contributed by atoms with Crippen LogP contribution in [0.1, 0.15) is 50.7 Å². The molecule has 40 heavy (non-hydrogen) atoms. The molecule has 0 aliphatic rings. The van der Waals surface area contributed by atoms with Gasteiger partial charge in [-0.3, -0.25) is 0 Å². The minimum atomic E-state index is -6.60. The summed E-state index contributed by atoms with van der Waals surface area (Å²) in [5, 5.41) is 0. The van der Waals surface area contributed by atoms with Gasteiger partial charge in [0.1, 0.15) is 0 Å². The van der Waals surface area contributed by atoms with Crippen molar-refractivity contribution in [3.8, 4) is 5.69 Å². The summed E-state index contributed by atoms with van der Waals surface area (Å²) in [6, 6.07) is 13.2. The van der Waals surface area contributed by atoms with Crippen LogP contribution in [0, 0.1) is 3.63 Å². The Morgan fingerprint density at radius 3 is 1.60 bits per heavy atom. The minimum absolute atomic E-state index is 0.477. The molecule has 2 heterocycles. The molecule has 1 N–H and O–H groups in total. The Hall–Kier alpha value is -2.11. The van der Waals surface area contributed by atoms with Crippen molar-refractivity contribution in [2.45, 2.75) is 50.5 Å². The number of halogens is 6. The number of fused-ring (bicyclic) bond motifs is 1. The molecule has 0 radical (unpaired) electrons. The molecule has 229 valence electrons. The van der Waals surface area contributed by atoms with Crippen LogP contribution in [0.3, 0.4) is 0 Å². The van der Waals surface area contributed by atoms with Gasteiger partial charge in [0.2, 0.25) is 0 Å². The van der Waals surface area contributed by atoms with E-state index in [0.29, 0.717) is 11.8 Å². The first kappa shape index (κ1) is 34.1. The predicted molar refractivity (Wildman–Crippen MR) is 136 cm³/mol. The maximum absolute atomic E-state index is 11.5. The van der Waals surface area contributed by atoms with Gasteiger partial charge < -0.3 is 0 Å². The van der Waals surface area contributed by atoms with Gasteiger partial charge in [0.05, 0.1) is 0 Å². The first-order valence-electron chi connectivity index (χ1n) is 11.4. The summed E-state index contributed by atoms with van der Waals surface area (Å²) in [7, 11) is -9.01. The Morgan fingerprint density at radius 1 is 0.800 bits per heavy atom. The van der Waals surface area contributed by atoms with Gasteiger partial charge in [-0.1, -0.05) is 4.13 Å². The monoisotopic (exact) mass is 799 g/mol.